The van der Waals surface area contributed by atoms with Crippen molar-refractivity contribution in [2.45, 2.75) is 0 Å². The standard InChI is InChI=1S/H2O4S.18H2O.Y/c1-5(2,3)4;;;;;;;;;;;;;;;;;;;/h(H2,1,2,3,4);18*1H2;. The molecular formula is H38O22SY. The third-order valence-corrected chi connectivity index (χ3v) is 0. The van der Waals surface area contributed by atoms with Gasteiger partial charge in [0.2, 0.25) is 0 Å². The molecule has 0 aromatic rings. The van der Waals surface area contributed by atoms with Crippen LogP contribution in [-0.4, -0.2) is 116 Å². The summed E-state index contributed by atoms with van der Waals surface area (Å²) in [5, 5.41) is 0. The summed E-state index contributed by atoms with van der Waals surface area (Å²) in [6, 6.07) is 0. The van der Waals surface area contributed by atoms with Crippen LogP contribution in [0.25, 0.3) is 0 Å². The van der Waals surface area contributed by atoms with E-state index in [-0.39, 0.29) is 131 Å². The number of hydrogen-bond donors (Lipinski definition) is 2. The maximum Gasteiger partial charge on any atom is 0.394 e. The second-order valence-corrected chi connectivity index (χ2v) is 1.34. The van der Waals surface area contributed by atoms with Gasteiger partial charge in [0.15, 0.2) is 0 Å². The molecule has 0 amide bonds. The summed E-state index contributed by atoms with van der Waals surface area (Å²) in [6.07, 6.45) is 0. The van der Waals surface area contributed by atoms with Gasteiger partial charge in [0.25, 0.3) is 0 Å². The molecule has 0 aromatic heterocycles. The topological polar surface area (TPSA) is 642 Å². The van der Waals surface area contributed by atoms with E-state index >= 15 is 0 Å². The zero-order chi connectivity index (χ0) is 4.50. The van der Waals surface area contributed by atoms with Crippen LogP contribution in [0, 0.1) is 0 Å². The number of hydrogen-bond acceptors (Lipinski definition) is 2. The van der Waals surface area contributed by atoms with Crippen LogP contribution in [0.5, 0.6) is 0 Å². The zero-order valence-electron chi connectivity index (χ0n) is 11.7. The van der Waals surface area contributed by atoms with Crippen LogP contribution in [0.4, 0.5) is 0 Å². The van der Waals surface area contributed by atoms with E-state index in [1.165, 1.54) is 0 Å². The molecule has 24 heavy (non-hydrogen) atoms. The Morgan fingerprint density at radius 3 is 0.333 bits per heavy atom. The molecule has 0 unspecified atom stereocenters. The van der Waals surface area contributed by atoms with E-state index < -0.39 is 10.4 Å². The number of rotatable bonds is 0. The first-order valence-corrected chi connectivity index (χ1v) is 2.10. The van der Waals surface area contributed by atoms with Crippen LogP contribution < -0.4 is 0 Å². The second kappa shape index (κ2) is 294. The Hall–Kier alpha value is 0.254. The zero-order valence-corrected chi connectivity index (χ0v) is 15.4. The molecule has 24 heteroatoms. The Labute approximate surface area is 159 Å². The molecule has 0 saturated carbocycles. The largest absolute Gasteiger partial charge is 0.412 e. The summed E-state index contributed by atoms with van der Waals surface area (Å²) in [6.45, 7) is 0. The molecule has 0 aromatic carbocycles. The minimum Gasteiger partial charge on any atom is -0.412 e. The van der Waals surface area contributed by atoms with Gasteiger partial charge in [0.05, 0.1) is 0 Å². The molecule has 0 spiro atoms. The summed E-state index contributed by atoms with van der Waals surface area (Å²) in [5.41, 5.74) is 0. The normalized spacial score (nSPS) is 2.42. The average molecular weight is 511 g/mol. The molecule has 22 nitrogen and oxygen atoms in total. The molecule has 0 fully saturated rings. The van der Waals surface area contributed by atoms with Gasteiger partial charge in [-0.2, -0.15) is 8.42 Å². The van der Waals surface area contributed by atoms with Crippen LogP contribution >= 0.6 is 0 Å². The van der Waals surface area contributed by atoms with Gasteiger partial charge < -0.3 is 98.6 Å². The van der Waals surface area contributed by atoms with Gasteiger partial charge in [-0.25, -0.2) is 0 Å². The third kappa shape index (κ3) is 156000. The maximum absolute atomic E-state index is 8.74. The van der Waals surface area contributed by atoms with E-state index in [9.17, 15) is 0 Å². The van der Waals surface area contributed by atoms with Crippen LogP contribution in [0.1, 0.15) is 0 Å². The predicted molar refractivity (Wildman–Crippen MR) is 79.2 cm³/mol. The molecule has 0 heterocycles. The summed E-state index contributed by atoms with van der Waals surface area (Å²) >= 11 is 0. The van der Waals surface area contributed by atoms with E-state index in [2.05, 4.69) is 0 Å². The van der Waals surface area contributed by atoms with Gasteiger partial charge in [-0.1, -0.05) is 0 Å². The first kappa shape index (κ1) is 725. The van der Waals surface area contributed by atoms with Gasteiger partial charge >= 0.3 is 10.4 Å². The Kier molecular flexibility index (Phi) is 8890. The van der Waals surface area contributed by atoms with Crippen molar-refractivity contribution < 1.29 is 149 Å². The van der Waals surface area contributed by atoms with Crippen LogP contribution in [-0.2, 0) is 43.1 Å². The molecule has 0 bridgehead atoms. The molecular weight excluding hydrogens is 473 g/mol. The fourth-order valence-electron chi connectivity index (χ4n) is 0. The summed E-state index contributed by atoms with van der Waals surface area (Å²) < 4.78 is 31.6. The van der Waals surface area contributed by atoms with Gasteiger partial charge in [-0.3, -0.25) is 9.11 Å². The van der Waals surface area contributed by atoms with E-state index in [0.717, 1.165) is 0 Å². The second-order valence-electron chi connectivity index (χ2n) is 0.448. The minimum atomic E-state index is -4.67. The van der Waals surface area contributed by atoms with E-state index in [0.29, 0.717) is 0 Å². The fraction of sp³-hybridized carbons (Fsp3) is 0. The van der Waals surface area contributed by atoms with Gasteiger partial charge in [0.1, 0.15) is 0 Å². The van der Waals surface area contributed by atoms with Crippen molar-refractivity contribution in [2.75, 3.05) is 0 Å². The summed E-state index contributed by atoms with van der Waals surface area (Å²) in [5.74, 6) is 0. The van der Waals surface area contributed by atoms with E-state index in [1.807, 2.05) is 0 Å². The van der Waals surface area contributed by atoms with Crippen LogP contribution in [0.2, 0.25) is 0 Å². The van der Waals surface area contributed by atoms with Crippen molar-refractivity contribution in [1.29, 1.82) is 0 Å². The molecule has 0 atom stereocenters. The van der Waals surface area contributed by atoms with Crippen LogP contribution in [0.3, 0.4) is 0 Å². The Morgan fingerprint density at radius 1 is 0.333 bits per heavy atom. The average Bonchev–Trinajstić information content (AvgIpc) is 0.722. The first-order valence-electron chi connectivity index (χ1n) is 0.698. The van der Waals surface area contributed by atoms with Gasteiger partial charge in [0, 0.05) is 32.7 Å². The SMILES string of the molecule is O.O.O.O.O.O.O.O.O.O.O.O.O.O.O.O.O.O.O=S(=O)(O)O.[Y]. The Balaban J connectivity index is -0.000000000468. The monoisotopic (exact) mass is 511 g/mol. The summed E-state index contributed by atoms with van der Waals surface area (Å²) in [7, 11) is -4.67. The van der Waals surface area contributed by atoms with Crippen LogP contribution in [0.15, 0.2) is 0 Å². The molecule has 1 radical (unpaired) electrons. The molecule has 179 valence electrons. The van der Waals surface area contributed by atoms with Crippen molar-refractivity contribution in [1.82, 2.24) is 0 Å². The third-order valence-electron chi connectivity index (χ3n) is 0. The quantitative estimate of drug-likeness (QED) is 0.299. The van der Waals surface area contributed by atoms with E-state index in [4.69, 9.17) is 17.5 Å². The Morgan fingerprint density at radius 2 is 0.333 bits per heavy atom. The van der Waals surface area contributed by atoms with E-state index in [1.54, 1.807) is 0 Å². The molecule has 0 aliphatic heterocycles. The maximum atomic E-state index is 8.74. The van der Waals surface area contributed by atoms with Crippen molar-refractivity contribution in [3.8, 4) is 0 Å². The molecule has 0 saturated heterocycles. The molecule has 0 rings (SSSR count). The minimum absolute atomic E-state index is 0. The smallest absolute Gasteiger partial charge is 0.394 e. The molecule has 0 aliphatic carbocycles. The summed E-state index contributed by atoms with van der Waals surface area (Å²) in [4.78, 5) is 0. The Bertz CT molecular complexity index is 95.1. The fourth-order valence-corrected chi connectivity index (χ4v) is 0. The van der Waals surface area contributed by atoms with Gasteiger partial charge in [-0.05, 0) is 0 Å². The van der Waals surface area contributed by atoms with Crippen molar-refractivity contribution >= 4 is 10.4 Å². The van der Waals surface area contributed by atoms with Crippen molar-refractivity contribution in [2.24, 2.45) is 0 Å². The van der Waals surface area contributed by atoms with Gasteiger partial charge in [-0.15, -0.1) is 0 Å². The molecule has 38 N–H and O–H groups in total. The van der Waals surface area contributed by atoms with Crippen molar-refractivity contribution in [3.63, 3.8) is 0 Å². The molecule has 0 aliphatic rings. The predicted octanol–water partition coefficient (Wildman–Crippen LogP) is -15.5. The first-order chi connectivity index (χ1) is 2.00. The van der Waals surface area contributed by atoms with Crippen molar-refractivity contribution in [3.05, 3.63) is 0 Å².